The van der Waals surface area contributed by atoms with Crippen molar-refractivity contribution in [3.63, 3.8) is 0 Å². The molecule has 0 atom stereocenters. The van der Waals surface area contributed by atoms with Gasteiger partial charge in [0.15, 0.2) is 5.82 Å². The molecule has 0 N–H and O–H groups in total. The Labute approximate surface area is 315 Å². The summed E-state index contributed by atoms with van der Waals surface area (Å²) in [6, 6.07) is 35.9. The number of nitrogens with zero attached hydrogens (tertiary/aromatic N) is 5. The van der Waals surface area contributed by atoms with Gasteiger partial charge in [0.25, 0.3) is 0 Å². The smallest absolute Gasteiger partial charge is 0.156 e. The molecular formula is C48H51N5. The monoisotopic (exact) mass is 697 g/mol. The number of hydrogen-bond donors (Lipinski definition) is 0. The van der Waals surface area contributed by atoms with Gasteiger partial charge in [-0.2, -0.15) is 0 Å². The Morgan fingerprint density at radius 2 is 1.17 bits per heavy atom. The maximum absolute atomic E-state index is 5.45. The van der Waals surface area contributed by atoms with Gasteiger partial charge in [-0.1, -0.05) is 138 Å². The molecule has 0 unspecified atom stereocenters. The molecule has 0 amide bonds. The van der Waals surface area contributed by atoms with Gasteiger partial charge >= 0.3 is 0 Å². The molecule has 268 valence electrons. The highest BCUT2D eigenvalue weighted by Gasteiger charge is 2.43. The summed E-state index contributed by atoms with van der Waals surface area (Å²) < 4.78 is 0. The average molecular weight is 698 g/mol. The fourth-order valence-electron chi connectivity index (χ4n) is 8.98. The Kier molecular flexibility index (Phi) is 9.68. The third-order valence-electron chi connectivity index (χ3n) is 11.8. The van der Waals surface area contributed by atoms with Crippen molar-refractivity contribution in [2.75, 3.05) is 4.90 Å². The molecule has 0 saturated carbocycles. The first-order chi connectivity index (χ1) is 26.0. The van der Waals surface area contributed by atoms with Gasteiger partial charge in [0.05, 0.1) is 23.0 Å². The Morgan fingerprint density at radius 1 is 0.547 bits per heavy atom. The number of aromatic nitrogens is 4. The summed E-state index contributed by atoms with van der Waals surface area (Å²) in [5, 5.41) is 0. The molecule has 2 heterocycles. The van der Waals surface area contributed by atoms with Gasteiger partial charge in [-0.25, -0.2) is 9.97 Å². The van der Waals surface area contributed by atoms with E-state index in [1.54, 1.807) is 12.4 Å². The molecule has 0 fully saturated rings. The van der Waals surface area contributed by atoms with E-state index in [0.717, 1.165) is 40.0 Å². The van der Waals surface area contributed by atoms with Gasteiger partial charge in [-0.15, -0.1) is 0 Å². The van der Waals surface area contributed by atoms with Gasteiger partial charge in [0, 0.05) is 29.2 Å². The van der Waals surface area contributed by atoms with Crippen LogP contribution in [0.4, 0.5) is 17.2 Å². The standard InChI is InChI=1S/C48H51N5/c1-5-7-9-16-28-48(29-17-10-8-6-2)40-21-15-14-20-38(40)39-27-26-37(32-41(39)48)53(36-24-22-35(23-25-36)34-18-12-11-13-19-34)42-33-51-44-43-45(50-31-30-49-43)47(3,4)46(44)52-42/h11-15,18-27,30-33H,5-10,16-17,28-29H2,1-4H3. The van der Waals surface area contributed by atoms with Crippen LogP contribution >= 0.6 is 0 Å². The molecule has 0 radical (unpaired) electrons. The van der Waals surface area contributed by atoms with Gasteiger partial charge in [0.1, 0.15) is 11.4 Å². The second kappa shape index (κ2) is 14.7. The summed E-state index contributed by atoms with van der Waals surface area (Å²) in [5.74, 6) is 0.795. The van der Waals surface area contributed by atoms with E-state index in [1.165, 1.54) is 97.6 Å². The first kappa shape index (κ1) is 34.9. The van der Waals surface area contributed by atoms with Crippen LogP contribution < -0.4 is 4.90 Å². The summed E-state index contributed by atoms with van der Waals surface area (Å²) in [6.07, 6.45) is 17.9. The minimum absolute atomic E-state index is 0.0170. The van der Waals surface area contributed by atoms with E-state index in [1.807, 2.05) is 6.20 Å². The first-order valence-corrected chi connectivity index (χ1v) is 19.9. The number of benzene rings is 4. The number of anilines is 3. The van der Waals surface area contributed by atoms with Crippen molar-refractivity contribution < 1.29 is 0 Å². The minimum atomic E-state index is -0.420. The third kappa shape index (κ3) is 6.24. The van der Waals surface area contributed by atoms with Gasteiger partial charge in [0.2, 0.25) is 0 Å². The predicted octanol–water partition coefficient (Wildman–Crippen LogP) is 12.9. The van der Waals surface area contributed by atoms with E-state index in [9.17, 15) is 0 Å². The molecule has 0 spiro atoms. The van der Waals surface area contributed by atoms with Crippen molar-refractivity contribution in [2.45, 2.75) is 103 Å². The van der Waals surface area contributed by atoms with Crippen LogP contribution in [0.3, 0.4) is 0 Å². The highest BCUT2D eigenvalue weighted by atomic mass is 15.2. The fraction of sp³-hybridized carbons (Fsp3) is 0.333. The molecule has 0 saturated heterocycles. The molecule has 2 aliphatic rings. The SMILES string of the molecule is CCCCCCC1(CCCCCC)c2ccccc2-c2ccc(N(c3ccc(-c4ccccc4)cc3)c3cnc4c(n3)C(C)(C)c3nccnc3-4)cc21. The second-order valence-electron chi connectivity index (χ2n) is 15.5. The maximum Gasteiger partial charge on any atom is 0.156 e. The van der Waals surface area contributed by atoms with Gasteiger partial charge in [-0.3, -0.25) is 14.9 Å². The van der Waals surface area contributed by atoms with Crippen LogP contribution in [0.5, 0.6) is 0 Å². The van der Waals surface area contributed by atoms with E-state index >= 15 is 0 Å². The lowest BCUT2D eigenvalue weighted by atomic mass is 9.70. The van der Waals surface area contributed by atoms with Crippen LogP contribution in [0.15, 0.2) is 116 Å². The van der Waals surface area contributed by atoms with Crippen molar-refractivity contribution >= 4 is 17.2 Å². The molecule has 5 heteroatoms. The van der Waals surface area contributed by atoms with Crippen molar-refractivity contribution in [2.24, 2.45) is 0 Å². The average Bonchev–Trinajstić information content (AvgIpc) is 3.60. The van der Waals surface area contributed by atoms with Crippen LogP contribution in [0.1, 0.15) is 114 Å². The molecule has 8 rings (SSSR count). The molecule has 2 aromatic heterocycles. The number of unbranched alkanes of at least 4 members (excludes halogenated alkanes) is 6. The molecule has 0 bridgehead atoms. The van der Waals surface area contributed by atoms with Crippen LogP contribution in [0.2, 0.25) is 0 Å². The molecule has 53 heavy (non-hydrogen) atoms. The van der Waals surface area contributed by atoms with E-state index in [2.05, 4.69) is 130 Å². The maximum atomic E-state index is 5.45. The number of fused-ring (bicyclic) bond motifs is 6. The molecule has 2 aliphatic carbocycles. The summed E-state index contributed by atoms with van der Waals surface area (Å²) in [7, 11) is 0. The Hall–Kier alpha value is -5.16. The molecule has 5 nitrogen and oxygen atoms in total. The summed E-state index contributed by atoms with van der Waals surface area (Å²) >= 11 is 0. The van der Waals surface area contributed by atoms with Crippen LogP contribution in [-0.4, -0.2) is 19.9 Å². The molecule has 0 aliphatic heterocycles. The zero-order valence-corrected chi connectivity index (χ0v) is 31.8. The topological polar surface area (TPSA) is 54.8 Å². The van der Waals surface area contributed by atoms with Crippen LogP contribution in [0.25, 0.3) is 33.6 Å². The largest absolute Gasteiger partial charge is 0.294 e. The normalized spacial score (nSPS) is 14.3. The van der Waals surface area contributed by atoms with E-state index in [4.69, 9.17) is 19.9 Å². The Balaban J connectivity index is 1.28. The quantitative estimate of drug-likeness (QED) is 0.106. The Morgan fingerprint density at radius 3 is 1.91 bits per heavy atom. The minimum Gasteiger partial charge on any atom is -0.294 e. The van der Waals surface area contributed by atoms with Gasteiger partial charge < -0.3 is 0 Å². The zero-order chi connectivity index (χ0) is 36.4. The number of hydrogen-bond acceptors (Lipinski definition) is 5. The molecular weight excluding hydrogens is 647 g/mol. The highest BCUT2D eigenvalue weighted by molar-refractivity contribution is 5.86. The second-order valence-corrected chi connectivity index (χ2v) is 15.5. The molecule has 4 aromatic carbocycles. The van der Waals surface area contributed by atoms with E-state index in [0.29, 0.717) is 0 Å². The zero-order valence-electron chi connectivity index (χ0n) is 31.8. The molecule has 6 aromatic rings. The van der Waals surface area contributed by atoms with E-state index < -0.39 is 5.41 Å². The van der Waals surface area contributed by atoms with Gasteiger partial charge in [-0.05, 0) is 84.3 Å². The Bertz CT molecular complexity index is 2190. The summed E-state index contributed by atoms with van der Waals surface area (Å²) in [5.41, 5.74) is 13.4. The summed E-state index contributed by atoms with van der Waals surface area (Å²) in [4.78, 5) is 22.3. The van der Waals surface area contributed by atoms with Crippen LogP contribution in [-0.2, 0) is 10.8 Å². The van der Waals surface area contributed by atoms with Crippen LogP contribution in [0, 0.1) is 0 Å². The fourth-order valence-corrected chi connectivity index (χ4v) is 8.98. The van der Waals surface area contributed by atoms with E-state index in [-0.39, 0.29) is 5.41 Å². The van der Waals surface area contributed by atoms with Crippen molar-refractivity contribution in [3.05, 3.63) is 138 Å². The lowest BCUT2D eigenvalue weighted by Gasteiger charge is -2.34. The van der Waals surface area contributed by atoms with Crippen molar-refractivity contribution in [1.29, 1.82) is 0 Å². The summed E-state index contributed by atoms with van der Waals surface area (Å²) in [6.45, 7) is 8.98. The first-order valence-electron chi connectivity index (χ1n) is 19.9. The highest BCUT2D eigenvalue weighted by Crippen LogP contribution is 2.56. The predicted molar refractivity (Wildman–Crippen MR) is 219 cm³/mol. The number of rotatable bonds is 14. The van der Waals surface area contributed by atoms with Crippen molar-refractivity contribution in [3.8, 4) is 33.6 Å². The lowest BCUT2D eigenvalue weighted by molar-refractivity contribution is 0.401. The lowest BCUT2D eigenvalue weighted by Crippen LogP contribution is -2.26. The van der Waals surface area contributed by atoms with Crippen molar-refractivity contribution in [1.82, 2.24) is 19.9 Å². The third-order valence-corrected chi connectivity index (χ3v) is 11.8.